The minimum atomic E-state index is -1.09. The number of hydrogen-bond acceptors (Lipinski definition) is 10. The molecule has 2 aromatic rings. The molecule has 2 aromatic carbocycles. The number of halogens is 1. The van der Waals surface area contributed by atoms with Gasteiger partial charge in [-0.1, -0.05) is 11.6 Å². The van der Waals surface area contributed by atoms with E-state index in [0.29, 0.717) is 53.8 Å². The predicted molar refractivity (Wildman–Crippen MR) is 151 cm³/mol. The zero-order chi connectivity index (χ0) is 31.0. The summed E-state index contributed by atoms with van der Waals surface area (Å²) in [5.41, 5.74) is 1.13. The van der Waals surface area contributed by atoms with Crippen LogP contribution in [0.4, 0.5) is 11.4 Å². The Bertz CT molecular complexity index is 1600. The molecule has 0 radical (unpaired) electrons. The molecule has 1 N–H and O–H groups in total. The third kappa shape index (κ3) is 5.55. The number of allylic oxidation sites excluding steroid dienone is 4. The first-order chi connectivity index (χ1) is 20.5. The predicted octanol–water partition coefficient (Wildman–Crippen LogP) is 5.85. The number of ether oxygens (including phenoxy) is 2. The summed E-state index contributed by atoms with van der Waals surface area (Å²) < 4.78 is 11.6. The Morgan fingerprint density at radius 1 is 0.977 bits per heavy atom. The topological polar surface area (TPSA) is 179 Å². The summed E-state index contributed by atoms with van der Waals surface area (Å²) in [4.78, 5) is 61.6. The summed E-state index contributed by atoms with van der Waals surface area (Å²) in [5.74, 6) is -2.63. The van der Waals surface area contributed by atoms with Crippen molar-refractivity contribution in [2.24, 2.45) is 0 Å². The van der Waals surface area contributed by atoms with E-state index in [9.17, 15) is 39.7 Å². The maximum atomic E-state index is 13.4. The number of carboxylic acid groups (broad SMARTS) is 1. The largest absolute Gasteiger partial charge is 0.490 e. The van der Waals surface area contributed by atoms with E-state index in [-0.39, 0.29) is 59.8 Å². The lowest BCUT2D eigenvalue weighted by molar-refractivity contribution is -0.394. The van der Waals surface area contributed by atoms with Crippen molar-refractivity contribution in [3.63, 3.8) is 0 Å². The monoisotopic (exact) mass is 611 g/mol. The molecule has 224 valence electrons. The number of hydrogen-bond donors (Lipinski definition) is 1. The van der Waals surface area contributed by atoms with Crippen LogP contribution in [0.1, 0.15) is 56.9 Å². The summed E-state index contributed by atoms with van der Waals surface area (Å²) in [5, 5.41) is 32.5. The fourth-order valence-corrected chi connectivity index (χ4v) is 6.21. The Hall–Kier alpha value is -4.78. The number of nitro groups is 2. The lowest BCUT2D eigenvalue weighted by Crippen LogP contribution is -2.41. The van der Waals surface area contributed by atoms with Crippen molar-refractivity contribution < 1.29 is 38.8 Å². The van der Waals surface area contributed by atoms with Gasteiger partial charge >= 0.3 is 11.7 Å². The minimum Gasteiger partial charge on any atom is -0.490 e. The van der Waals surface area contributed by atoms with Gasteiger partial charge in [0, 0.05) is 47.4 Å². The van der Waals surface area contributed by atoms with Crippen molar-refractivity contribution in [1.29, 1.82) is 0 Å². The maximum Gasteiger partial charge on any atom is 0.323 e. The van der Waals surface area contributed by atoms with Crippen molar-refractivity contribution in [3.05, 3.63) is 83.7 Å². The highest BCUT2D eigenvalue weighted by molar-refractivity contribution is 6.32. The molecule has 0 fully saturated rings. The molecule has 0 atom stereocenters. The number of Topliss-reactive ketones (excluding diaryl/α,β-unsaturated/α-hetero) is 2. The van der Waals surface area contributed by atoms with E-state index in [0.717, 1.165) is 18.2 Å². The number of nitrogens with zero attached hydrogens (tertiary/aromatic N) is 3. The first kappa shape index (κ1) is 29.7. The quantitative estimate of drug-likeness (QED) is 0.265. The first-order valence-electron chi connectivity index (χ1n) is 13.6. The summed E-state index contributed by atoms with van der Waals surface area (Å²) in [6.45, 7) is 1.45. The van der Waals surface area contributed by atoms with Gasteiger partial charge in [-0.25, -0.2) is 0 Å². The highest BCUT2D eigenvalue weighted by Crippen LogP contribution is 2.52. The van der Waals surface area contributed by atoms with Crippen LogP contribution in [0.5, 0.6) is 17.2 Å². The normalized spacial score (nSPS) is 17.0. The van der Waals surface area contributed by atoms with E-state index in [4.69, 9.17) is 21.1 Å². The fourth-order valence-electron chi connectivity index (χ4n) is 5.95. The van der Waals surface area contributed by atoms with Gasteiger partial charge in [0.05, 0.1) is 27.5 Å². The number of benzene rings is 2. The number of carboxylic acids is 1. The second-order valence-corrected chi connectivity index (χ2v) is 10.6. The standard InChI is InChI=1S/C29H26ClN3O10/c1-2-42-24-12-15(11-17(30)29(24)43-23-10-9-16(32(38)39)13-20(23)33(40)41)26-27-18(5-3-7-21(27)34)31(14-25(36)37)19-6-4-8-22(35)28(19)26/h9-13,26H,2-8,14H2,1H3,(H,36,37). The molecule has 0 bridgehead atoms. The van der Waals surface area contributed by atoms with Crippen LogP contribution in [-0.4, -0.2) is 50.5 Å². The van der Waals surface area contributed by atoms with E-state index in [1.165, 1.54) is 6.07 Å². The number of non-ortho nitro benzene ring substituents is 1. The zero-order valence-corrected chi connectivity index (χ0v) is 23.7. The smallest absolute Gasteiger partial charge is 0.323 e. The van der Waals surface area contributed by atoms with Crippen LogP contribution in [-0.2, 0) is 14.4 Å². The fraction of sp³-hybridized carbons (Fsp3) is 0.345. The third-order valence-electron chi connectivity index (χ3n) is 7.61. The van der Waals surface area contributed by atoms with Crippen LogP contribution >= 0.6 is 11.6 Å². The van der Waals surface area contributed by atoms with Crippen molar-refractivity contribution >= 4 is 40.5 Å². The Labute approximate surface area is 249 Å². The average molecular weight is 612 g/mol. The molecule has 0 amide bonds. The summed E-state index contributed by atoms with van der Waals surface area (Å²) in [7, 11) is 0. The summed E-state index contributed by atoms with van der Waals surface area (Å²) in [6, 6.07) is 5.96. The molecule has 13 nitrogen and oxygen atoms in total. The van der Waals surface area contributed by atoms with Gasteiger partial charge in [0.25, 0.3) is 5.69 Å². The van der Waals surface area contributed by atoms with Crippen molar-refractivity contribution in [1.82, 2.24) is 4.90 Å². The molecule has 0 saturated heterocycles. The highest BCUT2D eigenvalue weighted by Gasteiger charge is 2.44. The zero-order valence-electron chi connectivity index (χ0n) is 23.0. The van der Waals surface area contributed by atoms with Gasteiger partial charge < -0.3 is 19.5 Å². The van der Waals surface area contributed by atoms with E-state index in [1.54, 1.807) is 17.9 Å². The second kappa shape index (κ2) is 11.8. The Kier molecular flexibility index (Phi) is 8.18. The lowest BCUT2D eigenvalue weighted by Gasteiger charge is -2.43. The molecule has 0 unspecified atom stereocenters. The summed E-state index contributed by atoms with van der Waals surface area (Å²) >= 11 is 6.70. The number of aliphatic carboxylic acids is 1. The molecule has 0 spiro atoms. The summed E-state index contributed by atoms with van der Waals surface area (Å²) in [6.07, 6.45) is 2.50. The highest BCUT2D eigenvalue weighted by atomic mass is 35.5. The van der Waals surface area contributed by atoms with Crippen LogP contribution in [0.25, 0.3) is 0 Å². The van der Waals surface area contributed by atoms with Crippen LogP contribution in [0, 0.1) is 20.2 Å². The van der Waals surface area contributed by atoms with E-state index in [1.807, 2.05) is 0 Å². The van der Waals surface area contributed by atoms with Gasteiger partial charge in [0.1, 0.15) is 6.54 Å². The molecule has 14 heteroatoms. The first-order valence-corrected chi connectivity index (χ1v) is 14.0. The average Bonchev–Trinajstić information content (AvgIpc) is 2.95. The minimum absolute atomic E-state index is 0.0441. The van der Waals surface area contributed by atoms with Gasteiger partial charge in [-0.2, -0.15) is 0 Å². The molecule has 1 aliphatic heterocycles. The molecule has 3 aliphatic rings. The lowest BCUT2D eigenvalue weighted by atomic mass is 9.71. The van der Waals surface area contributed by atoms with Gasteiger partial charge in [-0.05, 0) is 56.4 Å². The van der Waals surface area contributed by atoms with Gasteiger partial charge in [0.2, 0.25) is 5.75 Å². The number of rotatable bonds is 9. The molecule has 0 saturated carbocycles. The maximum absolute atomic E-state index is 13.4. The second-order valence-electron chi connectivity index (χ2n) is 10.2. The molecule has 5 rings (SSSR count). The van der Waals surface area contributed by atoms with Crippen molar-refractivity contribution in [2.75, 3.05) is 13.2 Å². The van der Waals surface area contributed by atoms with Crippen LogP contribution < -0.4 is 9.47 Å². The van der Waals surface area contributed by atoms with Crippen LogP contribution in [0.15, 0.2) is 52.9 Å². The molecule has 2 aliphatic carbocycles. The SMILES string of the molecule is CCOc1cc(C2C3=C(CCCC3=O)N(CC(=O)O)C3=C2C(=O)CCC3)cc(Cl)c1Oc1ccc([N+](=O)[O-])cc1[N+](=O)[O-]. The molecular formula is C29H26ClN3O10. The Morgan fingerprint density at radius 3 is 2.14 bits per heavy atom. The van der Waals surface area contributed by atoms with Gasteiger partial charge in [-0.15, -0.1) is 0 Å². The number of nitro benzene ring substituents is 2. The van der Waals surface area contributed by atoms with Gasteiger partial charge in [-0.3, -0.25) is 34.6 Å². The van der Waals surface area contributed by atoms with E-state index >= 15 is 0 Å². The number of ketones is 2. The van der Waals surface area contributed by atoms with Crippen molar-refractivity contribution in [3.8, 4) is 17.2 Å². The molecular weight excluding hydrogens is 586 g/mol. The van der Waals surface area contributed by atoms with Crippen LogP contribution in [0.3, 0.4) is 0 Å². The van der Waals surface area contributed by atoms with E-state index in [2.05, 4.69) is 0 Å². The van der Waals surface area contributed by atoms with Gasteiger partial charge in [0.15, 0.2) is 23.1 Å². The Morgan fingerprint density at radius 2 is 1.60 bits per heavy atom. The van der Waals surface area contributed by atoms with Crippen molar-refractivity contribution in [2.45, 2.75) is 51.4 Å². The molecule has 1 heterocycles. The van der Waals surface area contributed by atoms with E-state index < -0.39 is 33.1 Å². The Balaban J connectivity index is 1.67. The number of carbonyl (C=O) groups excluding carboxylic acids is 2. The molecule has 0 aromatic heterocycles. The number of carbonyl (C=O) groups is 3. The van der Waals surface area contributed by atoms with Crippen LogP contribution in [0.2, 0.25) is 5.02 Å². The molecule has 43 heavy (non-hydrogen) atoms. The third-order valence-corrected chi connectivity index (χ3v) is 7.89.